The molecule has 0 bridgehead atoms. The zero-order valence-corrected chi connectivity index (χ0v) is 11.4. The molecular weight excluding hydrogens is 234 g/mol. The van der Waals surface area contributed by atoms with Crippen LogP contribution in [0.1, 0.15) is 48.6 Å². The van der Waals surface area contributed by atoms with Crippen LogP contribution in [0, 0.1) is 0 Å². The molecule has 0 fully saturated rings. The number of hydrogen-bond donors (Lipinski definition) is 1. The fraction of sp³-hybridized carbons (Fsp3) is 0.412. The van der Waals surface area contributed by atoms with Crippen LogP contribution in [-0.2, 0) is 6.42 Å². The molecule has 0 spiro atoms. The molecular formula is C17H21NO. The third-order valence-corrected chi connectivity index (χ3v) is 4.13. The maximum atomic E-state index is 5.44. The highest BCUT2D eigenvalue weighted by Gasteiger charge is 2.20. The van der Waals surface area contributed by atoms with Crippen LogP contribution in [0.5, 0.6) is 0 Å². The van der Waals surface area contributed by atoms with Crippen LogP contribution in [0.2, 0.25) is 0 Å². The number of rotatable bonds is 4. The molecule has 1 aromatic heterocycles. The first-order chi connectivity index (χ1) is 9.34. The molecule has 0 radical (unpaired) electrons. The van der Waals surface area contributed by atoms with E-state index in [1.165, 1.54) is 30.4 Å². The van der Waals surface area contributed by atoms with E-state index in [9.17, 15) is 0 Å². The van der Waals surface area contributed by atoms with Crippen molar-refractivity contribution in [1.82, 2.24) is 5.32 Å². The summed E-state index contributed by atoms with van der Waals surface area (Å²) < 4.78 is 5.44. The number of furan rings is 1. The predicted octanol–water partition coefficient (Wildman–Crippen LogP) is 4.05. The Morgan fingerprint density at radius 2 is 2.16 bits per heavy atom. The summed E-state index contributed by atoms with van der Waals surface area (Å²) in [6.45, 7) is 3.19. The second-order valence-electron chi connectivity index (χ2n) is 5.43. The second-order valence-corrected chi connectivity index (χ2v) is 5.43. The van der Waals surface area contributed by atoms with Gasteiger partial charge in [0.15, 0.2) is 0 Å². The summed E-state index contributed by atoms with van der Waals surface area (Å²) in [5.74, 6) is 1.66. The Labute approximate surface area is 114 Å². The van der Waals surface area contributed by atoms with Gasteiger partial charge in [0.2, 0.25) is 0 Å². The molecule has 0 saturated heterocycles. The first-order valence-corrected chi connectivity index (χ1v) is 7.19. The molecule has 0 amide bonds. The van der Waals surface area contributed by atoms with E-state index in [0.29, 0.717) is 5.92 Å². The summed E-state index contributed by atoms with van der Waals surface area (Å²) in [6, 6.07) is 13.1. The van der Waals surface area contributed by atoms with E-state index in [1.54, 1.807) is 6.26 Å². The van der Waals surface area contributed by atoms with Crippen molar-refractivity contribution in [1.29, 1.82) is 0 Å². The lowest BCUT2D eigenvalue weighted by Gasteiger charge is -2.26. The van der Waals surface area contributed by atoms with Gasteiger partial charge in [0.1, 0.15) is 5.76 Å². The number of fused-ring (bicyclic) bond motifs is 1. The van der Waals surface area contributed by atoms with Crippen molar-refractivity contribution < 1.29 is 4.42 Å². The fourth-order valence-corrected chi connectivity index (χ4v) is 3.02. The number of hydrogen-bond acceptors (Lipinski definition) is 2. The Hall–Kier alpha value is -1.54. The summed E-state index contributed by atoms with van der Waals surface area (Å²) in [5.41, 5.74) is 3.07. The minimum atomic E-state index is 0.282. The van der Waals surface area contributed by atoms with Crippen LogP contribution in [0.15, 0.2) is 47.1 Å². The highest BCUT2D eigenvalue weighted by Crippen LogP contribution is 2.31. The van der Waals surface area contributed by atoms with Crippen LogP contribution >= 0.6 is 0 Å². The predicted molar refractivity (Wildman–Crippen MR) is 77.2 cm³/mol. The first kappa shape index (κ1) is 12.5. The molecule has 3 rings (SSSR count). The largest absolute Gasteiger partial charge is 0.468 e. The summed E-state index contributed by atoms with van der Waals surface area (Å²) >= 11 is 0. The third kappa shape index (κ3) is 2.74. The van der Waals surface area contributed by atoms with E-state index >= 15 is 0 Å². The van der Waals surface area contributed by atoms with Gasteiger partial charge in [-0.1, -0.05) is 24.3 Å². The monoisotopic (exact) mass is 255 g/mol. The fourth-order valence-electron chi connectivity index (χ4n) is 3.02. The van der Waals surface area contributed by atoms with Crippen molar-refractivity contribution in [3.63, 3.8) is 0 Å². The third-order valence-electron chi connectivity index (χ3n) is 4.13. The minimum absolute atomic E-state index is 0.282. The molecule has 2 nitrogen and oxygen atoms in total. The molecule has 2 unspecified atom stereocenters. The molecule has 1 aliphatic carbocycles. The van der Waals surface area contributed by atoms with Crippen LogP contribution in [0.3, 0.4) is 0 Å². The van der Waals surface area contributed by atoms with Gasteiger partial charge in [-0.2, -0.15) is 0 Å². The SMILES string of the molecule is CC(NCC1CCCc2ccccc21)c1ccco1. The van der Waals surface area contributed by atoms with Gasteiger partial charge < -0.3 is 9.73 Å². The summed E-state index contributed by atoms with van der Waals surface area (Å²) in [5, 5.41) is 3.60. The molecule has 1 heterocycles. The molecule has 0 saturated carbocycles. The Kier molecular flexibility index (Phi) is 3.69. The van der Waals surface area contributed by atoms with Gasteiger partial charge in [0.25, 0.3) is 0 Å². The summed E-state index contributed by atoms with van der Waals surface area (Å²) in [6.07, 6.45) is 5.57. The van der Waals surface area contributed by atoms with E-state index in [1.807, 2.05) is 12.1 Å². The van der Waals surface area contributed by atoms with E-state index < -0.39 is 0 Å². The quantitative estimate of drug-likeness (QED) is 0.891. The van der Waals surface area contributed by atoms with Crippen molar-refractivity contribution >= 4 is 0 Å². The number of nitrogens with one attached hydrogen (secondary N) is 1. The Balaban J connectivity index is 1.65. The molecule has 100 valence electrons. The van der Waals surface area contributed by atoms with Gasteiger partial charge in [-0.25, -0.2) is 0 Å². The normalized spacial score (nSPS) is 19.9. The summed E-state index contributed by atoms with van der Waals surface area (Å²) in [7, 11) is 0. The molecule has 1 aliphatic rings. The van der Waals surface area contributed by atoms with E-state index in [-0.39, 0.29) is 6.04 Å². The Morgan fingerprint density at radius 1 is 1.26 bits per heavy atom. The highest BCUT2D eigenvalue weighted by molar-refractivity contribution is 5.32. The first-order valence-electron chi connectivity index (χ1n) is 7.19. The van der Waals surface area contributed by atoms with Crippen LogP contribution in [0.25, 0.3) is 0 Å². The highest BCUT2D eigenvalue weighted by atomic mass is 16.3. The lowest BCUT2D eigenvalue weighted by Crippen LogP contribution is -2.26. The average Bonchev–Trinajstić information content (AvgIpc) is 2.99. The lowest BCUT2D eigenvalue weighted by atomic mass is 9.83. The van der Waals surface area contributed by atoms with Gasteiger partial charge in [-0.3, -0.25) is 0 Å². The van der Waals surface area contributed by atoms with Crippen molar-refractivity contribution in [2.24, 2.45) is 0 Å². The molecule has 2 aromatic rings. The second kappa shape index (κ2) is 5.62. The van der Waals surface area contributed by atoms with Crippen molar-refractivity contribution in [3.05, 3.63) is 59.5 Å². The number of aryl methyl sites for hydroxylation is 1. The van der Waals surface area contributed by atoms with E-state index in [2.05, 4.69) is 36.5 Å². The molecule has 0 aliphatic heterocycles. The molecule has 1 N–H and O–H groups in total. The van der Waals surface area contributed by atoms with Crippen LogP contribution in [-0.4, -0.2) is 6.54 Å². The lowest BCUT2D eigenvalue weighted by molar-refractivity contribution is 0.408. The summed E-state index contributed by atoms with van der Waals surface area (Å²) in [4.78, 5) is 0. The van der Waals surface area contributed by atoms with Crippen molar-refractivity contribution in [3.8, 4) is 0 Å². The molecule has 2 atom stereocenters. The van der Waals surface area contributed by atoms with E-state index in [4.69, 9.17) is 4.42 Å². The molecule has 2 heteroatoms. The smallest absolute Gasteiger partial charge is 0.120 e. The maximum absolute atomic E-state index is 5.44. The molecule has 19 heavy (non-hydrogen) atoms. The Bertz CT molecular complexity index is 518. The number of benzene rings is 1. The molecule has 1 aromatic carbocycles. The van der Waals surface area contributed by atoms with Crippen molar-refractivity contribution in [2.75, 3.05) is 6.54 Å². The van der Waals surface area contributed by atoms with Crippen molar-refractivity contribution in [2.45, 2.75) is 38.1 Å². The van der Waals surface area contributed by atoms with E-state index in [0.717, 1.165) is 12.3 Å². The topological polar surface area (TPSA) is 25.2 Å². The van der Waals surface area contributed by atoms with Gasteiger partial charge in [0, 0.05) is 6.54 Å². The minimum Gasteiger partial charge on any atom is -0.468 e. The van der Waals surface area contributed by atoms with Crippen LogP contribution in [0.4, 0.5) is 0 Å². The standard InChI is InChI=1S/C17H21NO/c1-13(17-10-5-11-19-17)18-12-15-8-4-7-14-6-2-3-9-16(14)15/h2-3,5-6,9-11,13,15,18H,4,7-8,12H2,1H3. The average molecular weight is 255 g/mol. The van der Waals surface area contributed by atoms with Crippen LogP contribution < -0.4 is 5.32 Å². The zero-order valence-electron chi connectivity index (χ0n) is 11.4. The maximum Gasteiger partial charge on any atom is 0.120 e. The zero-order chi connectivity index (χ0) is 13.1. The Morgan fingerprint density at radius 3 is 3.00 bits per heavy atom. The van der Waals surface area contributed by atoms with Gasteiger partial charge in [0.05, 0.1) is 12.3 Å². The van der Waals surface area contributed by atoms with Gasteiger partial charge in [-0.15, -0.1) is 0 Å². The van der Waals surface area contributed by atoms with Gasteiger partial charge >= 0.3 is 0 Å². The van der Waals surface area contributed by atoms with Gasteiger partial charge in [-0.05, 0) is 55.4 Å².